The summed E-state index contributed by atoms with van der Waals surface area (Å²) in [6, 6.07) is 7.03. The van der Waals surface area contributed by atoms with Crippen molar-refractivity contribution in [1.82, 2.24) is 9.78 Å². The summed E-state index contributed by atoms with van der Waals surface area (Å²) < 4.78 is 6.16. The maximum absolute atomic E-state index is 11.9. The second-order valence-corrected chi connectivity index (χ2v) is 4.31. The standard InChI is InChI=1S/C14H15N3O3/c1-17-9-11(8-15-17)14(19)16-12-5-3-10(4-6-12)7-13(18)20-2/h3-6,8-9H,7H2,1-2H3,(H,16,19). The Morgan fingerprint density at radius 2 is 2.00 bits per heavy atom. The van der Waals surface area contributed by atoms with E-state index in [1.807, 2.05) is 0 Å². The Hall–Kier alpha value is -2.63. The number of benzene rings is 1. The molecule has 1 heterocycles. The third kappa shape index (κ3) is 3.44. The summed E-state index contributed by atoms with van der Waals surface area (Å²) in [7, 11) is 3.10. The molecule has 0 aliphatic rings. The van der Waals surface area contributed by atoms with E-state index in [-0.39, 0.29) is 18.3 Å². The quantitative estimate of drug-likeness (QED) is 0.854. The first-order valence-corrected chi connectivity index (χ1v) is 6.04. The van der Waals surface area contributed by atoms with E-state index in [1.165, 1.54) is 13.3 Å². The number of amides is 1. The van der Waals surface area contributed by atoms with E-state index in [9.17, 15) is 9.59 Å². The lowest BCUT2D eigenvalue weighted by molar-refractivity contribution is -0.139. The van der Waals surface area contributed by atoms with Crippen LogP contribution in [0.25, 0.3) is 0 Å². The average Bonchev–Trinajstić information content (AvgIpc) is 2.87. The Labute approximate surface area is 116 Å². The van der Waals surface area contributed by atoms with E-state index >= 15 is 0 Å². The Balaban J connectivity index is 2.00. The lowest BCUT2D eigenvalue weighted by Gasteiger charge is -2.05. The van der Waals surface area contributed by atoms with Crippen molar-refractivity contribution in [2.75, 3.05) is 12.4 Å². The van der Waals surface area contributed by atoms with Crippen molar-refractivity contribution in [3.63, 3.8) is 0 Å². The monoisotopic (exact) mass is 273 g/mol. The number of nitrogens with one attached hydrogen (secondary N) is 1. The fourth-order valence-electron chi connectivity index (χ4n) is 1.69. The molecule has 0 bridgehead atoms. The molecule has 20 heavy (non-hydrogen) atoms. The number of anilines is 1. The molecule has 0 unspecified atom stereocenters. The van der Waals surface area contributed by atoms with Gasteiger partial charge in [0, 0.05) is 18.9 Å². The molecular formula is C14H15N3O3. The highest BCUT2D eigenvalue weighted by atomic mass is 16.5. The van der Waals surface area contributed by atoms with Gasteiger partial charge in [-0.1, -0.05) is 12.1 Å². The molecule has 0 saturated carbocycles. The molecule has 1 aromatic carbocycles. The van der Waals surface area contributed by atoms with Gasteiger partial charge in [-0.15, -0.1) is 0 Å². The van der Waals surface area contributed by atoms with Crippen LogP contribution in [-0.2, 0) is 23.0 Å². The number of carbonyl (C=O) groups excluding carboxylic acids is 2. The van der Waals surface area contributed by atoms with Gasteiger partial charge in [0.15, 0.2) is 0 Å². The van der Waals surface area contributed by atoms with E-state index in [2.05, 4.69) is 15.2 Å². The van der Waals surface area contributed by atoms with Gasteiger partial charge in [0.05, 0.1) is 25.3 Å². The van der Waals surface area contributed by atoms with Crippen LogP contribution in [0, 0.1) is 0 Å². The Morgan fingerprint density at radius 1 is 1.30 bits per heavy atom. The predicted molar refractivity (Wildman–Crippen MR) is 73.3 cm³/mol. The second kappa shape index (κ2) is 6.01. The minimum Gasteiger partial charge on any atom is -0.469 e. The van der Waals surface area contributed by atoms with Gasteiger partial charge >= 0.3 is 5.97 Å². The van der Waals surface area contributed by atoms with Gasteiger partial charge < -0.3 is 10.1 Å². The lowest BCUT2D eigenvalue weighted by Crippen LogP contribution is -2.11. The molecule has 0 fully saturated rings. The maximum atomic E-state index is 11.9. The van der Waals surface area contributed by atoms with Crippen LogP contribution < -0.4 is 5.32 Å². The normalized spacial score (nSPS) is 10.1. The average molecular weight is 273 g/mol. The van der Waals surface area contributed by atoms with E-state index in [4.69, 9.17) is 0 Å². The number of ether oxygens (including phenoxy) is 1. The van der Waals surface area contributed by atoms with Crippen LogP contribution >= 0.6 is 0 Å². The van der Waals surface area contributed by atoms with Gasteiger partial charge in [0.2, 0.25) is 0 Å². The number of rotatable bonds is 4. The molecule has 0 atom stereocenters. The summed E-state index contributed by atoms with van der Waals surface area (Å²) in [5.41, 5.74) is 1.98. The molecule has 0 aliphatic carbocycles. The Kier molecular flexibility index (Phi) is 4.14. The molecule has 104 valence electrons. The smallest absolute Gasteiger partial charge is 0.309 e. The summed E-state index contributed by atoms with van der Waals surface area (Å²) in [6.07, 6.45) is 3.36. The first-order valence-electron chi connectivity index (χ1n) is 6.04. The van der Waals surface area contributed by atoms with Crippen molar-refractivity contribution in [3.05, 3.63) is 47.8 Å². The number of nitrogens with zero attached hydrogens (tertiary/aromatic N) is 2. The topological polar surface area (TPSA) is 73.2 Å². The van der Waals surface area contributed by atoms with Crippen molar-refractivity contribution in [1.29, 1.82) is 0 Å². The number of carbonyl (C=O) groups is 2. The molecule has 2 aromatic rings. The summed E-state index contributed by atoms with van der Waals surface area (Å²) in [5, 5.41) is 6.70. The molecule has 0 radical (unpaired) electrons. The highest BCUT2D eigenvalue weighted by molar-refractivity contribution is 6.03. The van der Waals surface area contributed by atoms with Crippen LogP contribution in [0.15, 0.2) is 36.7 Å². The minimum absolute atomic E-state index is 0.216. The molecule has 6 heteroatoms. The van der Waals surface area contributed by atoms with Crippen LogP contribution in [-0.4, -0.2) is 28.8 Å². The third-order valence-electron chi connectivity index (χ3n) is 2.76. The highest BCUT2D eigenvalue weighted by Gasteiger charge is 2.08. The van der Waals surface area contributed by atoms with Crippen LogP contribution in [0.1, 0.15) is 15.9 Å². The first-order chi connectivity index (χ1) is 9.58. The van der Waals surface area contributed by atoms with Gasteiger partial charge in [-0.25, -0.2) is 0 Å². The molecule has 1 amide bonds. The van der Waals surface area contributed by atoms with Gasteiger partial charge in [0.1, 0.15) is 0 Å². The summed E-state index contributed by atoms with van der Waals surface area (Å²) in [4.78, 5) is 23.0. The number of hydrogen-bond acceptors (Lipinski definition) is 4. The predicted octanol–water partition coefficient (Wildman–Crippen LogP) is 1.39. The maximum Gasteiger partial charge on any atom is 0.309 e. The number of aryl methyl sites for hydroxylation is 1. The first kappa shape index (κ1) is 13.8. The van der Waals surface area contributed by atoms with Crippen LogP contribution in [0.5, 0.6) is 0 Å². The summed E-state index contributed by atoms with van der Waals surface area (Å²) >= 11 is 0. The number of aromatic nitrogens is 2. The largest absolute Gasteiger partial charge is 0.469 e. The zero-order valence-corrected chi connectivity index (χ0v) is 11.3. The molecule has 0 spiro atoms. The van der Waals surface area contributed by atoms with Crippen molar-refractivity contribution in [2.24, 2.45) is 7.05 Å². The summed E-state index contributed by atoms with van der Waals surface area (Å²) in [5.74, 6) is -0.518. The molecule has 0 aliphatic heterocycles. The van der Waals surface area contributed by atoms with Crippen LogP contribution in [0.3, 0.4) is 0 Å². The number of methoxy groups -OCH3 is 1. The van der Waals surface area contributed by atoms with Gasteiger partial charge in [-0.2, -0.15) is 5.10 Å². The van der Waals surface area contributed by atoms with Crippen molar-refractivity contribution in [2.45, 2.75) is 6.42 Å². The van der Waals surface area contributed by atoms with E-state index in [0.29, 0.717) is 11.3 Å². The van der Waals surface area contributed by atoms with E-state index in [1.54, 1.807) is 42.2 Å². The molecular weight excluding hydrogens is 258 g/mol. The van der Waals surface area contributed by atoms with E-state index < -0.39 is 0 Å². The molecule has 0 saturated heterocycles. The second-order valence-electron chi connectivity index (χ2n) is 4.31. The van der Waals surface area contributed by atoms with Crippen molar-refractivity contribution < 1.29 is 14.3 Å². The minimum atomic E-state index is -0.294. The molecule has 1 N–H and O–H groups in total. The zero-order chi connectivity index (χ0) is 14.5. The van der Waals surface area contributed by atoms with E-state index in [0.717, 1.165) is 5.56 Å². The SMILES string of the molecule is COC(=O)Cc1ccc(NC(=O)c2cnn(C)c2)cc1. The van der Waals surface area contributed by atoms with Gasteiger partial charge in [-0.3, -0.25) is 14.3 Å². The van der Waals surface area contributed by atoms with Crippen LogP contribution in [0.2, 0.25) is 0 Å². The number of esters is 1. The van der Waals surface area contributed by atoms with Crippen molar-refractivity contribution >= 4 is 17.6 Å². The molecule has 6 nitrogen and oxygen atoms in total. The Morgan fingerprint density at radius 3 is 2.55 bits per heavy atom. The highest BCUT2D eigenvalue weighted by Crippen LogP contribution is 2.12. The fraction of sp³-hybridized carbons (Fsp3) is 0.214. The fourth-order valence-corrected chi connectivity index (χ4v) is 1.69. The molecule has 2 rings (SSSR count). The third-order valence-corrected chi connectivity index (χ3v) is 2.76. The molecule has 1 aromatic heterocycles. The van der Waals surface area contributed by atoms with Gasteiger partial charge in [-0.05, 0) is 17.7 Å². The number of hydrogen-bond donors (Lipinski definition) is 1. The summed E-state index contributed by atoms with van der Waals surface area (Å²) in [6.45, 7) is 0. The Bertz CT molecular complexity index is 617. The zero-order valence-electron chi connectivity index (χ0n) is 11.3. The van der Waals surface area contributed by atoms with Crippen molar-refractivity contribution in [3.8, 4) is 0 Å². The lowest BCUT2D eigenvalue weighted by atomic mass is 10.1. The van der Waals surface area contributed by atoms with Gasteiger partial charge in [0.25, 0.3) is 5.91 Å². The van der Waals surface area contributed by atoms with Crippen LogP contribution in [0.4, 0.5) is 5.69 Å².